The zero-order valence-corrected chi connectivity index (χ0v) is 25.4. The summed E-state index contributed by atoms with van der Waals surface area (Å²) in [6, 6.07) is 21.4. The number of aliphatic carboxylic acids is 1. The van der Waals surface area contributed by atoms with Gasteiger partial charge in [-0.15, -0.1) is 0 Å². The summed E-state index contributed by atoms with van der Waals surface area (Å²) in [6.07, 6.45) is 1.71. The van der Waals surface area contributed by atoms with Crippen molar-refractivity contribution in [2.24, 2.45) is 0 Å². The summed E-state index contributed by atoms with van der Waals surface area (Å²) in [6.45, 7) is -0.154. The number of halogens is 3. The fraction of sp³-hybridized carbons (Fsp3) is 0.273. The molecule has 14 heteroatoms. The van der Waals surface area contributed by atoms with Crippen molar-refractivity contribution in [3.05, 3.63) is 95.4 Å². The Bertz CT molecular complexity index is 1920. The van der Waals surface area contributed by atoms with Crippen molar-refractivity contribution in [3.63, 3.8) is 0 Å². The topological polar surface area (TPSA) is 159 Å². The first-order valence-electron chi connectivity index (χ1n) is 14.7. The maximum Gasteiger partial charge on any atom is 0.490 e. The van der Waals surface area contributed by atoms with E-state index in [0.29, 0.717) is 24.2 Å². The molecule has 0 aliphatic rings. The van der Waals surface area contributed by atoms with Gasteiger partial charge in [-0.05, 0) is 35.7 Å². The van der Waals surface area contributed by atoms with E-state index in [9.17, 15) is 27.6 Å². The van der Waals surface area contributed by atoms with Crippen molar-refractivity contribution in [1.82, 2.24) is 30.2 Å². The van der Waals surface area contributed by atoms with E-state index >= 15 is 0 Å². The number of hydrogen-bond acceptors (Lipinski definition) is 6. The number of H-pyrrole nitrogens is 1. The van der Waals surface area contributed by atoms with Crippen molar-refractivity contribution in [3.8, 4) is 11.3 Å². The number of alkyl halides is 3. The SMILES string of the molecule is CNC(=O)CCCCC[C@H](NC(=O)Cn1c(=O)ncc2ccccc21)c1ncc(-c2ccc3ccccc3c2)[nH]1.O=C(O)C(F)(F)F. The highest BCUT2D eigenvalue weighted by molar-refractivity contribution is 5.87. The van der Waals surface area contributed by atoms with Crippen molar-refractivity contribution in [2.45, 2.75) is 50.9 Å². The maximum absolute atomic E-state index is 13.2. The number of rotatable bonds is 11. The van der Waals surface area contributed by atoms with Crippen LogP contribution < -0.4 is 16.3 Å². The van der Waals surface area contributed by atoms with Crippen molar-refractivity contribution >= 4 is 39.5 Å². The minimum Gasteiger partial charge on any atom is -0.475 e. The predicted octanol–water partition coefficient (Wildman–Crippen LogP) is 5.13. The molecule has 0 bridgehead atoms. The largest absolute Gasteiger partial charge is 0.490 e. The zero-order chi connectivity index (χ0) is 34.0. The van der Waals surface area contributed by atoms with Gasteiger partial charge in [-0.3, -0.25) is 14.2 Å². The van der Waals surface area contributed by atoms with Gasteiger partial charge in [-0.2, -0.15) is 13.2 Å². The number of amides is 2. The van der Waals surface area contributed by atoms with Gasteiger partial charge in [0.25, 0.3) is 0 Å². The van der Waals surface area contributed by atoms with Crippen LogP contribution in [0.4, 0.5) is 13.2 Å². The van der Waals surface area contributed by atoms with Crippen LogP contribution in [0.2, 0.25) is 0 Å². The van der Waals surface area contributed by atoms with Gasteiger partial charge >= 0.3 is 17.8 Å². The number of carboxylic acids is 1. The van der Waals surface area contributed by atoms with Gasteiger partial charge in [-0.1, -0.05) is 67.4 Å². The number of carboxylic acid groups (broad SMARTS) is 1. The second-order valence-corrected chi connectivity index (χ2v) is 10.6. The molecule has 0 unspecified atom stereocenters. The Morgan fingerprint density at radius 2 is 1.57 bits per heavy atom. The van der Waals surface area contributed by atoms with Crippen LogP contribution in [0.3, 0.4) is 0 Å². The molecule has 4 N–H and O–H groups in total. The summed E-state index contributed by atoms with van der Waals surface area (Å²) in [4.78, 5) is 58.2. The second-order valence-electron chi connectivity index (χ2n) is 10.6. The van der Waals surface area contributed by atoms with Gasteiger partial charge in [0.2, 0.25) is 11.8 Å². The molecule has 2 aromatic heterocycles. The minimum atomic E-state index is -5.08. The lowest BCUT2D eigenvalue weighted by atomic mass is 10.1. The summed E-state index contributed by atoms with van der Waals surface area (Å²) in [5.74, 6) is -2.40. The molecule has 2 heterocycles. The summed E-state index contributed by atoms with van der Waals surface area (Å²) < 4.78 is 33.1. The number of imidazole rings is 1. The molecule has 0 spiro atoms. The molecule has 2 amide bonds. The van der Waals surface area contributed by atoms with Crippen LogP contribution in [0.1, 0.15) is 44.0 Å². The number of carbonyl (C=O) groups excluding carboxylic acids is 2. The lowest BCUT2D eigenvalue weighted by Crippen LogP contribution is -2.36. The lowest BCUT2D eigenvalue weighted by molar-refractivity contribution is -0.192. The fourth-order valence-electron chi connectivity index (χ4n) is 4.91. The van der Waals surface area contributed by atoms with E-state index in [1.54, 1.807) is 19.3 Å². The van der Waals surface area contributed by atoms with E-state index in [4.69, 9.17) is 9.90 Å². The predicted molar refractivity (Wildman–Crippen MR) is 169 cm³/mol. The Labute approximate surface area is 266 Å². The molecule has 5 rings (SSSR count). The Morgan fingerprint density at radius 1 is 0.894 bits per heavy atom. The van der Waals surface area contributed by atoms with E-state index in [1.807, 2.05) is 36.4 Å². The van der Waals surface area contributed by atoms with Crippen LogP contribution in [-0.4, -0.2) is 55.6 Å². The molecule has 0 saturated heterocycles. The average molecular weight is 651 g/mol. The number of hydrogen-bond donors (Lipinski definition) is 4. The summed E-state index contributed by atoms with van der Waals surface area (Å²) >= 11 is 0. The molecule has 0 saturated carbocycles. The number of nitrogens with one attached hydrogen (secondary N) is 3. The Balaban J connectivity index is 0.000000644. The quantitative estimate of drug-likeness (QED) is 0.144. The third kappa shape index (κ3) is 9.48. The first-order chi connectivity index (χ1) is 22.5. The van der Waals surface area contributed by atoms with E-state index in [1.165, 1.54) is 10.8 Å². The van der Waals surface area contributed by atoms with Crippen LogP contribution in [0.25, 0.3) is 32.9 Å². The average Bonchev–Trinajstić information content (AvgIpc) is 3.55. The van der Waals surface area contributed by atoms with Crippen LogP contribution in [0.5, 0.6) is 0 Å². The number of fused-ring (bicyclic) bond motifs is 2. The van der Waals surface area contributed by atoms with E-state index in [2.05, 4.69) is 49.9 Å². The van der Waals surface area contributed by atoms with E-state index in [0.717, 1.165) is 46.7 Å². The summed E-state index contributed by atoms with van der Waals surface area (Å²) in [7, 11) is 1.63. The standard InChI is InChI=1S/C31H32N6O3.C2HF3O2/c1-32-28(38)14-4-2-3-12-25(35-29(39)20-37-27-13-8-7-11-24(27)18-34-31(37)40)30-33-19-26(36-30)23-16-15-21-9-5-6-10-22(21)17-23;3-2(4,5)1(6)7/h5-11,13,15-19,25H,2-4,12,14,20H2,1H3,(H,32,38)(H,33,36)(H,35,39);(H,6,7)/t25-;/m0./s1. The molecular formula is C33H33F3N6O5. The summed E-state index contributed by atoms with van der Waals surface area (Å²) in [5.41, 5.74) is 2.03. The first kappa shape index (κ1) is 34.3. The number of aromatic amines is 1. The molecule has 5 aromatic rings. The molecular weight excluding hydrogens is 617 g/mol. The van der Waals surface area contributed by atoms with Crippen molar-refractivity contribution in [1.29, 1.82) is 0 Å². The first-order valence-corrected chi connectivity index (χ1v) is 14.7. The monoisotopic (exact) mass is 650 g/mol. The Morgan fingerprint density at radius 3 is 2.28 bits per heavy atom. The number of benzene rings is 3. The number of carbonyl (C=O) groups is 3. The highest BCUT2D eigenvalue weighted by Crippen LogP contribution is 2.26. The third-order valence-electron chi connectivity index (χ3n) is 7.31. The van der Waals surface area contributed by atoms with Gasteiger partial charge in [-0.25, -0.2) is 19.6 Å². The lowest BCUT2D eigenvalue weighted by Gasteiger charge is -2.18. The van der Waals surface area contributed by atoms with E-state index < -0.39 is 17.8 Å². The molecule has 0 fully saturated rings. The summed E-state index contributed by atoms with van der Waals surface area (Å²) in [5, 5.41) is 15.9. The Hall–Kier alpha value is -5.53. The molecule has 0 aliphatic heterocycles. The highest BCUT2D eigenvalue weighted by atomic mass is 19.4. The van der Waals surface area contributed by atoms with Gasteiger partial charge in [0.15, 0.2) is 0 Å². The number of aromatic nitrogens is 4. The van der Waals surface area contributed by atoms with Gasteiger partial charge in [0.05, 0.1) is 23.4 Å². The fourth-order valence-corrected chi connectivity index (χ4v) is 4.91. The third-order valence-corrected chi connectivity index (χ3v) is 7.31. The maximum atomic E-state index is 13.2. The number of unbranched alkanes of at least 4 members (excludes halogenated alkanes) is 2. The van der Waals surface area contributed by atoms with Gasteiger partial charge in [0, 0.05) is 30.6 Å². The normalized spacial score (nSPS) is 11.8. The molecule has 0 aliphatic carbocycles. The van der Waals surface area contributed by atoms with Crippen molar-refractivity contribution < 1.29 is 32.7 Å². The van der Waals surface area contributed by atoms with Crippen LogP contribution in [-0.2, 0) is 20.9 Å². The Kier molecular flexibility index (Phi) is 11.4. The molecule has 0 radical (unpaired) electrons. The smallest absolute Gasteiger partial charge is 0.475 e. The molecule has 47 heavy (non-hydrogen) atoms. The van der Waals surface area contributed by atoms with Crippen LogP contribution in [0, 0.1) is 0 Å². The molecule has 3 aromatic carbocycles. The number of para-hydroxylation sites is 1. The minimum absolute atomic E-state index is 0.0186. The highest BCUT2D eigenvalue weighted by Gasteiger charge is 2.38. The molecule has 11 nitrogen and oxygen atoms in total. The van der Waals surface area contributed by atoms with Gasteiger partial charge in [0.1, 0.15) is 12.4 Å². The second kappa shape index (κ2) is 15.7. The van der Waals surface area contributed by atoms with Crippen LogP contribution in [0.15, 0.2) is 83.9 Å². The molecule has 1 atom stereocenters. The van der Waals surface area contributed by atoms with E-state index in [-0.39, 0.29) is 24.4 Å². The number of nitrogens with zero attached hydrogens (tertiary/aromatic N) is 3. The van der Waals surface area contributed by atoms with Crippen molar-refractivity contribution in [2.75, 3.05) is 7.05 Å². The molecule has 246 valence electrons. The van der Waals surface area contributed by atoms with Crippen LogP contribution >= 0.6 is 0 Å². The zero-order valence-electron chi connectivity index (χ0n) is 25.4. The van der Waals surface area contributed by atoms with Gasteiger partial charge < -0.3 is 20.7 Å².